The van der Waals surface area contributed by atoms with Crippen LogP contribution in [0, 0.1) is 11.2 Å². The highest BCUT2D eigenvalue weighted by molar-refractivity contribution is 6.12. The number of carbonyl (C=O) groups excluding carboxylic acids is 1. The number of nitrogens with one attached hydrogen (secondary N) is 2. The zero-order valence-corrected chi connectivity index (χ0v) is 13.6. The van der Waals surface area contributed by atoms with Crippen LogP contribution in [0.1, 0.15) is 21.7 Å². The Bertz CT molecular complexity index is 964. The third kappa shape index (κ3) is 4.02. The molecule has 4 N–H and O–H groups in total. The van der Waals surface area contributed by atoms with Crippen molar-refractivity contribution in [3.8, 4) is 0 Å². The molecule has 0 aliphatic heterocycles. The Kier molecular flexibility index (Phi) is 4.89. The van der Waals surface area contributed by atoms with Crippen molar-refractivity contribution in [1.82, 2.24) is 4.98 Å². The lowest BCUT2D eigenvalue weighted by Crippen LogP contribution is -2.13. The summed E-state index contributed by atoms with van der Waals surface area (Å²) in [6.45, 7) is 0. The summed E-state index contributed by atoms with van der Waals surface area (Å²) in [7, 11) is 0. The molecule has 0 aliphatic rings. The third-order valence-electron chi connectivity index (χ3n) is 3.52. The zero-order chi connectivity index (χ0) is 18.5. The number of hydrogen-bond donors (Lipinski definition) is 3. The molecule has 0 aliphatic carbocycles. The van der Waals surface area contributed by atoms with E-state index in [1.165, 1.54) is 42.8 Å². The highest BCUT2D eigenvalue weighted by atomic mass is 19.1. The summed E-state index contributed by atoms with van der Waals surface area (Å²) in [6, 6.07) is 10.5. The van der Waals surface area contributed by atoms with Crippen LogP contribution in [-0.2, 0) is 0 Å². The van der Waals surface area contributed by atoms with Gasteiger partial charge in [-0.3, -0.25) is 4.79 Å². The molecule has 3 rings (SSSR count). The van der Waals surface area contributed by atoms with Crippen LogP contribution in [0.2, 0.25) is 0 Å². The molecule has 0 unspecified atom stereocenters. The number of hydrogen-bond acceptors (Lipinski definition) is 5. The Morgan fingerprint density at radius 3 is 2.73 bits per heavy atom. The second kappa shape index (κ2) is 7.43. The average Bonchev–Trinajstić information content (AvgIpc) is 3.17. The number of furan rings is 1. The Hall–Kier alpha value is -3.74. The maximum Gasteiger partial charge on any atom is 0.292 e. The number of benzene rings is 1. The smallest absolute Gasteiger partial charge is 0.292 e. The number of anilines is 2. The van der Waals surface area contributed by atoms with Crippen molar-refractivity contribution in [1.29, 1.82) is 5.41 Å². The standard InChI is InChI=1S/C19H15FN4O2/c20-13-6-3-12(4-7-13)5-8-15(21)14-10-18(23-11-16(14)22)24-19(25)17-2-1-9-26-17/h1-11,21H,22H2,(H,23,24,25)/b8-5+,21-15?. The van der Waals surface area contributed by atoms with Crippen molar-refractivity contribution in [2.75, 3.05) is 11.1 Å². The number of rotatable bonds is 5. The van der Waals surface area contributed by atoms with Gasteiger partial charge in [0.15, 0.2) is 5.76 Å². The van der Waals surface area contributed by atoms with Crippen LogP contribution in [0.25, 0.3) is 6.08 Å². The molecule has 1 aromatic carbocycles. The van der Waals surface area contributed by atoms with E-state index in [1.54, 1.807) is 24.3 Å². The van der Waals surface area contributed by atoms with Gasteiger partial charge in [0.2, 0.25) is 0 Å². The van der Waals surface area contributed by atoms with Crippen LogP contribution in [0.4, 0.5) is 15.9 Å². The van der Waals surface area contributed by atoms with Gasteiger partial charge in [0.25, 0.3) is 5.91 Å². The highest BCUT2D eigenvalue weighted by Crippen LogP contribution is 2.17. The van der Waals surface area contributed by atoms with Crippen LogP contribution < -0.4 is 11.1 Å². The lowest BCUT2D eigenvalue weighted by molar-refractivity contribution is 0.0996. The fourth-order valence-electron chi connectivity index (χ4n) is 2.20. The van der Waals surface area contributed by atoms with Gasteiger partial charge in [0, 0.05) is 5.56 Å². The summed E-state index contributed by atoms with van der Waals surface area (Å²) >= 11 is 0. The normalized spacial score (nSPS) is 10.8. The van der Waals surface area contributed by atoms with Crippen LogP contribution in [-0.4, -0.2) is 16.6 Å². The molecule has 0 fully saturated rings. The minimum Gasteiger partial charge on any atom is -0.459 e. The molecule has 0 atom stereocenters. The number of amides is 1. The lowest BCUT2D eigenvalue weighted by Gasteiger charge is -2.08. The molecule has 130 valence electrons. The number of allylic oxidation sites excluding steroid dienone is 1. The van der Waals surface area contributed by atoms with Crippen LogP contribution in [0.3, 0.4) is 0 Å². The number of nitrogens with two attached hydrogens (primary N) is 1. The monoisotopic (exact) mass is 350 g/mol. The molecule has 0 bridgehead atoms. The molecular weight excluding hydrogens is 335 g/mol. The number of pyridine rings is 1. The number of nitrogen functional groups attached to an aromatic ring is 1. The molecule has 3 aromatic rings. The average molecular weight is 350 g/mol. The van der Waals surface area contributed by atoms with E-state index in [0.717, 1.165) is 5.56 Å². The topological polar surface area (TPSA) is 105 Å². The third-order valence-corrected chi connectivity index (χ3v) is 3.52. The fourth-order valence-corrected chi connectivity index (χ4v) is 2.20. The van der Waals surface area contributed by atoms with E-state index in [4.69, 9.17) is 15.6 Å². The van der Waals surface area contributed by atoms with E-state index >= 15 is 0 Å². The van der Waals surface area contributed by atoms with Crippen LogP contribution >= 0.6 is 0 Å². The SMILES string of the molecule is N=C(/C=C/c1ccc(F)cc1)c1cc(NC(=O)c2ccco2)ncc1N. The van der Waals surface area contributed by atoms with Gasteiger partial charge in [-0.05, 0) is 42.0 Å². The minimum absolute atomic E-state index is 0.128. The Labute approximate surface area is 148 Å². The Morgan fingerprint density at radius 1 is 1.27 bits per heavy atom. The number of aromatic nitrogens is 1. The molecular formula is C19H15FN4O2. The van der Waals surface area contributed by atoms with Crippen LogP contribution in [0.5, 0.6) is 0 Å². The Morgan fingerprint density at radius 2 is 2.04 bits per heavy atom. The van der Waals surface area contributed by atoms with Crippen molar-refractivity contribution in [3.05, 3.63) is 83.7 Å². The summed E-state index contributed by atoms with van der Waals surface area (Å²) in [6.07, 6.45) is 5.97. The molecule has 26 heavy (non-hydrogen) atoms. The van der Waals surface area contributed by atoms with Crippen molar-refractivity contribution in [3.63, 3.8) is 0 Å². The van der Waals surface area contributed by atoms with E-state index in [1.807, 2.05) is 0 Å². The Balaban J connectivity index is 1.77. The molecule has 2 aromatic heterocycles. The largest absolute Gasteiger partial charge is 0.459 e. The van der Waals surface area contributed by atoms with Gasteiger partial charge in [-0.15, -0.1) is 0 Å². The second-order valence-electron chi connectivity index (χ2n) is 5.39. The lowest BCUT2D eigenvalue weighted by atomic mass is 10.1. The maximum atomic E-state index is 12.9. The van der Waals surface area contributed by atoms with Gasteiger partial charge < -0.3 is 20.9 Å². The second-order valence-corrected chi connectivity index (χ2v) is 5.39. The van der Waals surface area contributed by atoms with Gasteiger partial charge in [-0.2, -0.15) is 0 Å². The van der Waals surface area contributed by atoms with Crippen molar-refractivity contribution >= 4 is 29.2 Å². The van der Waals surface area contributed by atoms with E-state index in [0.29, 0.717) is 11.3 Å². The zero-order valence-electron chi connectivity index (χ0n) is 13.6. The molecule has 6 nitrogen and oxygen atoms in total. The van der Waals surface area contributed by atoms with Crippen molar-refractivity contribution < 1.29 is 13.6 Å². The van der Waals surface area contributed by atoms with Gasteiger partial charge in [0.1, 0.15) is 11.6 Å². The minimum atomic E-state index is -0.452. The van der Waals surface area contributed by atoms with Gasteiger partial charge in [0.05, 0.1) is 23.9 Å². The van der Waals surface area contributed by atoms with E-state index in [9.17, 15) is 9.18 Å². The number of nitrogens with zero attached hydrogens (tertiary/aromatic N) is 1. The van der Waals surface area contributed by atoms with E-state index in [-0.39, 0.29) is 23.1 Å². The summed E-state index contributed by atoms with van der Waals surface area (Å²) in [5, 5.41) is 10.8. The molecule has 0 radical (unpaired) electrons. The van der Waals surface area contributed by atoms with Crippen molar-refractivity contribution in [2.45, 2.75) is 0 Å². The van der Waals surface area contributed by atoms with E-state index < -0.39 is 5.91 Å². The molecule has 1 amide bonds. The summed E-state index contributed by atoms with van der Waals surface area (Å²) in [5.74, 6) is -0.383. The first-order valence-corrected chi connectivity index (χ1v) is 7.66. The molecule has 7 heteroatoms. The molecule has 0 saturated heterocycles. The fraction of sp³-hybridized carbons (Fsp3) is 0. The number of carbonyl (C=O) groups is 1. The quantitative estimate of drug-likeness (QED) is 0.610. The number of halogens is 1. The molecule has 2 heterocycles. The first-order valence-electron chi connectivity index (χ1n) is 7.66. The van der Waals surface area contributed by atoms with Crippen molar-refractivity contribution in [2.24, 2.45) is 0 Å². The van der Waals surface area contributed by atoms with Crippen LogP contribution in [0.15, 0.2) is 65.4 Å². The predicted molar refractivity (Wildman–Crippen MR) is 97.6 cm³/mol. The van der Waals surface area contributed by atoms with Gasteiger partial charge in [-0.25, -0.2) is 9.37 Å². The summed E-state index contributed by atoms with van der Waals surface area (Å²) in [5.41, 5.74) is 7.47. The predicted octanol–water partition coefficient (Wildman–Crippen LogP) is 3.73. The highest BCUT2D eigenvalue weighted by Gasteiger charge is 2.12. The van der Waals surface area contributed by atoms with E-state index in [2.05, 4.69) is 10.3 Å². The summed E-state index contributed by atoms with van der Waals surface area (Å²) in [4.78, 5) is 16.0. The molecule has 0 saturated carbocycles. The van der Waals surface area contributed by atoms with Gasteiger partial charge >= 0.3 is 0 Å². The van der Waals surface area contributed by atoms with Gasteiger partial charge in [-0.1, -0.05) is 18.2 Å². The molecule has 0 spiro atoms. The summed E-state index contributed by atoms with van der Waals surface area (Å²) < 4.78 is 17.9. The maximum absolute atomic E-state index is 12.9. The first-order chi connectivity index (χ1) is 12.5. The first kappa shape index (κ1) is 17.1.